The van der Waals surface area contributed by atoms with Crippen molar-refractivity contribution in [2.24, 2.45) is 0 Å². The Morgan fingerprint density at radius 3 is 2.69 bits per heavy atom. The number of benzene rings is 1. The summed E-state index contributed by atoms with van der Waals surface area (Å²) in [5, 5.41) is 3.15. The second-order valence-electron chi connectivity index (χ2n) is 8.12. The Morgan fingerprint density at radius 1 is 1.31 bits per heavy atom. The number of alkyl halides is 3. The molecule has 2 aromatic heterocycles. The number of rotatable bonds is 5. The lowest BCUT2D eigenvalue weighted by Gasteiger charge is -2.23. The van der Waals surface area contributed by atoms with E-state index in [9.17, 15) is 22.8 Å². The standard InChI is InChI=1S/C22H23F3N4O2S/c1-12(2)16-15(22(23,24)25)18-17(20(31)27-16)28-21(32-18)29-10-6-9-14(29)19(30)26-11-13-7-4-3-5-8-13/h3-5,7-8,12,14H,6,9-11H2,1-2H3,(H,26,30)(H,27,31)/t14-/m1/s1. The second kappa shape index (κ2) is 8.57. The molecule has 1 aliphatic heterocycles. The van der Waals surface area contributed by atoms with Gasteiger partial charge >= 0.3 is 6.18 Å². The molecule has 6 nitrogen and oxygen atoms in total. The van der Waals surface area contributed by atoms with Crippen LogP contribution in [-0.4, -0.2) is 28.5 Å². The highest BCUT2D eigenvalue weighted by molar-refractivity contribution is 7.22. The van der Waals surface area contributed by atoms with E-state index >= 15 is 0 Å². The first-order chi connectivity index (χ1) is 15.2. The fourth-order valence-corrected chi connectivity index (χ4v) is 5.22. The zero-order valence-electron chi connectivity index (χ0n) is 17.6. The lowest BCUT2D eigenvalue weighted by molar-refractivity contribution is -0.137. The normalized spacial score (nSPS) is 16.8. The second-order valence-corrected chi connectivity index (χ2v) is 9.10. The lowest BCUT2D eigenvalue weighted by atomic mass is 10.0. The average molecular weight is 465 g/mol. The van der Waals surface area contributed by atoms with Crippen LogP contribution < -0.4 is 15.8 Å². The quantitative estimate of drug-likeness (QED) is 0.586. The molecular weight excluding hydrogens is 441 g/mol. The van der Waals surface area contributed by atoms with E-state index in [-0.39, 0.29) is 26.9 Å². The van der Waals surface area contributed by atoms with Gasteiger partial charge in [-0.25, -0.2) is 4.98 Å². The van der Waals surface area contributed by atoms with Crippen molar-refractivity contribution in [2.45, 2.75) is 51.4 Å². The van der Waals surface area contributed by atoms with Crippen molar-refractivity contribution < 1.29 is 18.0 Å². The maximum absolute atomic E-state index is 13.9. The maximum Gasteiger partial charge on any atom is 0.419 e. The number of fused-ring (bicyclic) bond motifs is 1. The number of aromatic nitrogens is 2. The minimum Gasteiger partial charge on any atom is -0.350 e. The van der Waals surface area contributed by atoms with E-state index in [1.165, 1.54) is 0 Å². The molecule has 4 rings (SSSR count). The predicted molar refractivity (Wildman–Crippen MR) is 118 cm³/mol. The molecule has 0 radical (unpaired) electrons. The minimum atomic E-state index is -4.64. The molecule has 0 aliphatic carbocycles. The molecule has 3 heterocycles. The number of halogens is 3. The van der Waals surface area contributed by atoms with E-state index in [1.807, 2.05) is 30.3 Å². The molecule has 1 atom stereocenters. The Morgan fingerprint density at radius 2 is 2.03 bits per heavy atom. The Bertz CT molecular complexity index is 1190. The summed E-state index contributed by atoms with van der Waals surface area (Å²) in [6, 6.07) is 8.91. The molecule has 0 bridgehead atoms. The summed E-state index contributed by atoms with van der Waals surface area (Å²) in [6.45, 7) is 4.04. The van der Waals surface area contributed by atoms with Gasteiger partial charge in [-0.05, 0) is 24.3 Å². The zero-order valence-corrected chi connectivity index (χ0v) is 18.4. The van der Waals surface area contributed by atoms with Gasteiger partial charge in [-0.15, -0.1) is 0 Å². The number of hydrogen-bond donors (Lipinski definition) is 2. The number of anilines is 1. The van der Waals surface area contributed by atoms with Crippen LogP contribution in [0.1, 0.15) is 49.4 Å². The van der Waals surface area contributed by atoms with Gasteiger partial charge in [0.15, 0.2) is 5.13 Å². The monoisotopic (exact) mass is 464 g/mol. The summed E-state index contributed by atoms with van der Waals surface area (Å²) in [5.74, 6) is -0.726. The van der Waals surface area contributed by atoms with E-state index in [2.05, 4.69) is 15.3 Å². The number of nitrogens with one attached hydrogen (secondary N) is 2. The van der Waals surface area contributed by atoms with Gasteiger partial charge < -0.3 is 15.2 Å². The number of carbonyl (C=O) groups excluding carboxylic acids is 1. The van der Waals surface area contributed by atoms with Crippen LogP contribution in [0.3, 0.4) is 0 Å². The van der Waals surface area contributed by atoms with Gasteiger partial charge in [0, 0.05) is 18.8 Å². The van der Waals surface area contributed by atoms with Crippen LogP contribution in [0, 0.1) is 0 Å². The smallest absolute Gasteiger partial charge is 0.350 e. The Kier molecular flexibility index (Phi) is 5.98. The summed E-state index contributed by atoms with van der Waals surface area (Å²) in [4.78, 5) is 33.7. The largest absolute Gasteiger partial charge is 0.419 e. The maximum atomic E-state index is 13.9. The summed E-state index contributed by atoms with van der Waals surface area (Å²) >= 11 is 0.824. The third kappa shape index (κ3) is 4.23. The molecule has 32 heavy (non-hydrogen) atoms. The van der Waals surface area contributed by atoms with Crippen LogP contribution in [0.2, 0.25) is 0 Å². The van der Waals surface area contributed by atoms with Gasteiger partial charge in [-0.3, -0.25) is 9.59 Å². The zero-order chi connectivity index (χ0) is 23.0. The van der Waals surface area contributed by atoms with Gasteiger partial charge in [0.2, 0.25) is 5.91 Å². The van der Waals surface area contributed by atoms with E-state index in [0.29, 0.717) is 25.9 Å². The number of aromatic amines is 1. The third-order valence-corrected chi connectivity index (χ3v) is 6.66. The van der Waals surface area contributed by atoms with Gasteiger partial charge in [0.05, 0.1) is 10.3 Å². The van der Waals surface area contributed by atoms with Crippen LogP contribution in [-0.2, 0) is 17.5 Å². The number of thiazole rings is 1. The molecule has 0 unspecified atom stereocenters. The molecule has 1 aliphatic rings. The van der Waals surface area contributed by atoms with E-state index in [4.69, 9.17) is 0 Å². The van der Waals surface area contributed by atoms with E-state index in [1.54, 1.807) is 18.7 Å². The van der Waals surface area contributed by atoms with Crippen LogP contribution in [0.15, 0.2) is 35.1 Å². The van der Waals surface area contributed by atoms with Crippen LogP contribution in [0.5, 0.6) is 0 Å². The molecule has 0 spiro atoms. The number of amides is 1. The summed E-state index contributed by atoms with van der Waals surface area (Å²) < 4.78 is 41.5. The van der Waals surface area contributed by atoms with Crippen LogP contribution >= 0.6 is 11.3 Å². The predicted octanol–water partition coefficient (Wildman–Crippen LogP) is 4.41. The van der Waals surface area contributed by atoms with Gasteiger partial charge in [0.25, 0.3) is 5.56 Å². The van der Waals surface area contributed by atoms with Crippen molar-refractivity contribution >= 4 is 32.6 Å². The number of hydrogen-bond acceptors (Lipinski definition) is 5. The first-order valence-electron chi connectivity index (χ1n) is 10.4. The third-order valence-electron chi connectivity index (χ3n) is 5.55. The topological polar surface area (TPSA) is 78.1 Å². The summed E-state index contributed by atoms with van der Waals surface area (Å²) in [7, 11) is 0. The number of carbonyl (C=O) groups is 1. The average Bonchev–Trinajstić information content (AvgIpc) is 3.39. The Hall–Kier alpha value is -2.88. The van der Waals surface area contributed by atoms with Gasteiger partial charge in [-0.1, -0.05) is 55.5 Å². The highest BCUT2D eigenvalue weighted by atomic mass is 32.1. The van der Waals surface area contributed by atoms with Crippen LogP contribution in [0.4, 0.5) is 18.3 Å². The highest BCUT2D eigenvalue weighted by Crippen LogP contribution is 2.42. The summed E-state index contributed by atoms with van der Waals surface area (Å²) in [6.07, 6.45) is -3.36. The van der Waals surface area contributed by atoms with Gasteiger partial charge in [0.1, 0.15) is 11.6 Å². The number of nitrogens with zero attached hydrogens (tertiary/aromatic N) is 2. The number of H-pyrrole nitrogens is 1. The van der Waals surface area contributed by atoms with Crippen molar-refractivity contribution in [3.05, 3.63) is 57.5 Å². The molecule has 1 saturated heterocycles. The molecule has 1 aromatic carbocycles. The fourth-order valence-electron chi connectivity index (χ4n) is 4.01. The van der Waals surface area contributed by atoms with Gasteiger partial charge in [-0.2, -0.15) is 13.2 Å². The molecule has 2 N–H and O–H groups in total. The molecule has 170 valence electrons. The summed E-state index contributed by atoms with van der Waals surface area (Å²) in [5.41, 5.74) is -0.938. The first kappa shape index (κ1) is 22.3. The van der Waals surface area contributed by atoms with Crippen molar-refractivity contribution in [1.29, 1.82) is 0 Å². The Balaban J connectivity index is 1.67. The Labute approximate surface area is 186 Å². The first-order valence-corrected chi connectivity index (χ1v) is 11.2. The minimum absolute atomic E-state index is 0.149. The molecular formula is C22H23F3N4O2S. The molecule has 1 fully saturated rings. The van der Waals surface area contributed by atoms with Crippen molar-refractivity contribution in [3.63, 3.8) is 0 Å². The number of pyridine rings is 1. The fraction of sp³-hybridized carbons (Fsp3) is 0.409. The van der Waals surface area contributed by atoms with Crippen molar-refractivity contribution in [3.8, 4) is 0 Å². The van der Waals surface area contributed by atoms with E-state index < -0.39 is 29.3 Å². The van der Waals surface area contributed by atoms with Crippen molar-refractivity contribution in [2.75, 3.05) is 11.4 Å². The lowest BCUT2D eigenvalue weighted by Crippen LogP contribution is -2.43. The molecule has 10 heteroatoms. The molecule has 0 saturated carbocycles. The molecule has 1 amide bonds. The van der Waals surface area contributed by atoms with E-state index in [0.717, 1.165) is 16.9 Å². The molecule has 3 aromatic rings. The SMILES string of the molecule is CC(C)c1[nH]c(=O)c2nc(N3CCC[C@@H]3C(=O)NCc3ccccc3)sc2c1C(F)(F)F. The highest BCUT2D eigenvalue weighted by Gasteiger charge is 2.40. The van der Waals surface area contributed by atoms with Crippen LogP contribution in [0.25, 0.3) is 10.2 Å². The van der Waals surface area contributed by atoms with Crippen molar-refractivity contribution in [1.82, 2.24) is 15.3 Å².